The molecule has 0 aliphatic heterocycles. The first-order valence-corrected chi connectivity index (χ1v) is 10.9. The van der Waals surface area contributed by atoms with E-state index in [1.165, 1.54) is 16.0 Å². The second-order valence-corrected chi connectivity index (χ2v) is 7.55. The van der Waals surface area contributed by atoms with Crippen molar-refractivity contribution in [3.63, 3.8) is 0 Å². The number of nitrogens with zero attached hydrogens (tertiary/aromatic N) is 1. The molecule has 0 radical (unpaired) electrons. The van der Waals surface area contributed by atoms with Gasteiger partial charge in [0.25, 0.3) is 0 Å². The van der Waals surface area contributed by atoms with Gasteiger partial charge in [0, 0.05) is 16.3 Å². The molecule has 4 aromatic rings. The van der Waals surface area contributed by atoms with E-state index in [4.69, 9.17) is 0 Å². The third-order valence-corrected chi connectivity index (χ3v) is 5.50. The molecule has 0 aromatic heterocycles. The normalized spacial score (nSPS) is 11.3. The van der Waals surface area contributed by atoms with Crippen LogP contribution >= 0.6 is 11.8 Å². The molecule has 0 saturated carbocycles. The third-order valence-electron chi connectivity index (χ3n) is 4.76. The summed E-state index contributed by atoms with van der Waals surface area (Å²) in [4.78, 5) is 3.58. The van der Waals surface area contributed by atoms with E-state index in [1.807, 2.05) is 0 Å². The highest BCUT2D eigenvalue weighted by Gasteiger charge is 2.16. The fraction of sp³-hybridized carbons (Fsp3) is 0.0370. The zero-order valence-electron chi connectivity index (χ0n) is 16.4. The molecule has 142 valence electrons. The van der Waals surface area contributed by atoms with E-state index in [0.29, 0.717) is 0 Å². The fourth-order valence-electron chi connectivity index (χ4n) is 3.33. The maximum Gasteiger partial charge on any atom is 0.0539 e. The van der Waals surface area contributed by atoms with Crippen molar-refractivity contribution in [3.05, 3.63) is 126 Å². The Morgan fingerprint density at radius 3 is 1.59 bits per heavy atom. The monoisotopic (exact) mass is 393 g/mol. The number of benzene rings is 4. The van der Waals surface area contributed by atoms with Crippen LogP contribution in [-0.4, -0.2) is 6.26 Å². The van der Waals surface area contributed by atoms with Crippen molar-refractivity contribution in [2.45, 2.75) is 4.90 Å². The molecule has 0 bridgehead atoms. The summed E-state index contributed by atoms with van der Waals surface area (Å²) in [6.45, 7) is 0. The van der Waals surface area contributed by atoms with Crippen molar-refractivity contribution >= 4 is 34.9 Å². The second-order valence-electron chi connectivity index (χ2n) is 6.68. The van der Waals surface area contributed by atoms with Gasteiger partial charge in [-0.3, -0.25) is 0 Å². The number of thioether (sulfide) groups is 1. The Labute approximate surface area is 177 Å². The van der Waals surface area contributed by atoms with Gasteiger partial charge in [-0.25, -0.2) is 0 Å². The first-order chi connectivity index (χ1) is 14.3. The Balaban J connectivity index is 1.92. The summed E-state index contributed by atoms with van der Waals surface area (Å²) in [7, 11) is 0. The maximum atomic E-state index is 2.32. The van der Waals surface area contributed by atoms with Crippen LogP contribution in [0.2, 0.25) is 0 Å². The van der Waals surface area contributed by atoms with Crippen LogP contribution in [0.1, 0.15) is 11.1 Å². The Morgan fingerprint density at radius 1 is 0.621 bits per heavy atom. The molecule has 2 heteroatoms. The van der Waals surface area contributed by atoms with Gasteiger partial charge in [-0.15, -0.1) is 11.8 Å². The molecule has 0 atom stereocenters. The molecule has 0 aliphatic rings. The summed E-state index contributed by atoms with van der Waals surface area (Å²) in [5, 5.41) is 0. The lowest BCUT2D eigenvalue weighted by Crippen LogP contribution is -2.15. The van der Waals surface area contributed by atoms with Gasteiger partial charge in [-0.2, -0.15) is 0 Å². The number of para-hydroxylation sites is 2. The lowest BCUT2D eigenvalue weighted by Gasteiger charge is -2.28. The summed E-state index contributed by atoms with van der Waals surface area (Å²) >= 11 is 1.76. The van der Waals surface area contributed by atoms with Crippen LogP contribution in [0.25, 0.3) is 11.8 Å². The molecule has 1 nitrogen and oxygen atoms in total. The fourth-order valence-corrected chi connectivity index (χ4v) is 3.74. The Kier molecular flexibility index (Phi) is 6.13. The summed E-state index contributed by atoms with van der Waals surface area (Å²) in [6.07, 6.45) is 4.37. The van der Waals surface area contributed by atoms with E-state index < -0.39 is 0 Å². The molecule has 0 unspecified atom stereocenters. The van der Waals surface area contributed by atoms with E-state index in [2.05, 4.69) is 132 Å². The molecular formula is C27H23NS. The van der Waals surface area contributed by atoms with Crippen LogP contribution in [0.3, 0.4) is 0 Å². The second kappa shape index (κ2) is 9.31. The maximum absolute atomic E-state index is 2.32. The minimum absolute atomic E-state index is 1.13. The highest BCUT2D eigenvalue weighted by Crippen LogP contribution is 2.36. The Bertz CT molecular complexity index is 1020. The predicted octanol–water partition coefficient (Wildman–Crippen LogP) is 7.74. The predicted molar refractivity (Wildman–Crippen MR) is 128 cm³/mol. The van der Waals surface area contributed by atoms with E-state index in [-0.39, 0.29) is 0 Å². The van der Waals surface area contributed by atoms with Gasteiger partial charge in [0.05, 0.1) is 5.70 Å². The minimum Gasteiger partial charge on any atom is -0.310 e. The summed E-state index contributed by atoms with van der Waals surface area (Å²) in [5.74, 6) is 0. The van der Waals surface area contributed by atoms with E-state index >= 15 is 0 Å². The van der Waals surface area contributed by atoms with Crippen LogP contribution in [0.4, 0.5) is 11.4 Å². The average Bonchev–Trinajstić information content (AvgIpc) is 2.81. The molecule has 0 fully saturated rings. The molecule has 4 rings (SSSR count). The largest absolute Gasteiger partial charge is 0.310 e. The molecule has 4 aromatic carbocycles. The topological polar surface area (TPSA) is 3.24 Å². The van der Waals surface area contributed by atoms with E-state index in [0.717, 1.165) is 17.1 Å². The van der Waals surface area contributed by atoms with Crippen molar-refractivity contribution < 1.29 is 0 Å². The smallest absolute Gasteiger partial charge is 0.0539 e. The SMILES string of the molecule is CSc1ccc(C(=Cc2ccccc2)N(c2ccccc2)c2ccccc2)cc1. The molecule has 0 aliphatic carbocycles. The van der Waals surface area contributed by atoms with Crippen LogP contribution < -0.4 is 4.90 Å². The van der Waals surface area contributed by atoms with Gasteiger partial charge in [-0.1, -0.05) is 78.9 Å². The first-order valence-electron chi connectivity index (χ1n) is 9.66. The van der Waals surface area contributed by atoms with E-state index in [9.17, 15) is 0 Å². The van der Waals surface area contributed by atoms with Crippen LogP contribution in [0.5, 0.6) is 0 Å². The van der Waals surface area contributed by atoms with Gasteiger partial charge in [0.15, 0.2) is 0 Å². The summed E-state index contributed by atoms with van der Waals surface area (Å²) in [5.41, 5.74) is 5.76. The van der Waals surface area contributed by atoms with Crippen LogP contribution in [0, 0.1) is 0 Å². The van der Waals surface area contributed by atoms with Crippen LogP contribution in [0.15, 0.2) is 120 Å². The molecule has 29 heavy (non-hydrogen) atoms. The molecule has 0 spiro atoms. The minimum atomic E-state index is 1.13. The zero-order valence-corrected chi connectivity index (χ0v) is 17.2. The van der Waals surface area contributed by atoms with Crippen molar-refractivity contribution in [3.8, 4) is 0 Å². The Morgan fingerprint density at radius 2 is 1.10 bits per heavy atom. The van der Waals surface area contributed by atoms with Crippen molar-refractivity contribution in [2.24, 2.45) is 0 Å². The van der Waals surface area contributed by atoms with Gasteiger partial charge in [0.1, 0.15) is 0 Å². The van der Waals surface area contributed by atoms with Gasteiger partial charge >= 0.3 is 0 Å². The van der Waals surface area contributed by atoms with Gasteiger partial charge in [-0.05, 0) is 59.9 Å². The number of rotatable bonds is 6. The van der Waals surface area contributed by atoms with Crippen molar-refractivity contribution in [1.82, 2.24) is 0 Å². The molecule has 0 amide bonds. The molecular weight excluding hydrogens is 370 g/mol. The Hall–Kier alpha value is -3.23. The highest BCUT2D eigenvalue weighted by molar-refractivity contribution is 7.98. The first kappa shape index (κ1) is 19.1. The number of hydrogen-bond donors (Lipinski definition) is 0. The average molecular weight is 394 g/mol. The zero-order chi connectivity index (χ0) is 19.9. The molecule has 0 heterocycles. The lowest BCUT2D eigenvalue weighted by atomic mass is 10.1. The number of anilines is 2. The van der Waals surface area contributed by atoms with Crippen molar-refractivity contribution in [1.29, 1.82) is 0 Å². The summed E-state index contributed by atoms with van der Waals surface area (Å²) in [6, 6.07) is 40.4. The van der Waals surface area contributed by atoms with Crippen LogP contribution in [-0.2, 0) is 0 Å². The van der Waals surface area contributed by atoms with Crippen molar-refractivity contribution in [2.75, 3.05) is 11.2 Å². The quantitative estimate of drug-likeness (QED) is 0.243. The lowest BCUT2D eigenvalue weighted by molar-refractivity contribution is 1.29. The van der Waals surface area contributed by atoms with Gasteiger partial charge < -0.3 is 4.90 Å². The van der Waals surface area contributed by atoms with E-state index in [1.54, 1.807) is 11.8 Å². The molecule has 0 saturated heterocycles. The standard InChI is InChI=1S/C27H23NS/c1-29-26-19-17-23(18-20-26)27(21-22-11-5-2-6-12-22)28(24-13-7-3-8-14-24)25-15-9-4-10-16-25/h2-21H,1H3. The molecule has 0 N–H and O–H groups in total. The number of hydrogen-bond acceptors (Lipinski definition) is 2. The van der Waals surface area contributed by atoms with Gasteiger partial charge in [0.2, 0.25) is 0 Å². The summed E-state index contributed by atoms with van der Waals surface area (Å²) < 4.78 is 0. The highest BCUT2D eigenvalue weighted by atomic mass is 32.2. The third kappa shape index (κ3) is 4.61.